The first-order valence-corrected chi connectivity index (χ1v) is 5.79. The van der Waals surface area contributed by atoms with Crippen molar-refractivity contribution in [3.8, 4) is 0 Å². The van der Waals surface area contributed by atoms with Gasteiger partial charge in [0.1, 0.15) is 0 Å². The molecule has 1 aliphatic rings. The SMILES string of the molecule is CNC(=O)CNCC1CCCCC1C(=O)O. The van der Waals surface area contributed by atoms with Crippen LogP contribution < -0.4 is 10.6 Å². The van der Waals surface area contributed by atoms with Gasteiger partial charge >= 0.3 is 5.97 Å². The highest BCUT2D eigenvalue weighted by molar-refractivity contribution is 5.77. The minimum absolute atomic E-state index is 0.0670. The van der Waals surface area contributed by atoms with Crippen molar-refractivity contribution in [1.29, 1.82) is 0 Å². The van der Waals surface area contributed by atoms with E-state index >= 15 is 0 Å². The summed E-state index contributed by atoms with van der Waals surface area (Å²) in [7, 11) is 1.59. The van der Waals surface area contributed by atoms with Crippen LogP contribution in [-0.2, 0) is 9.59 Å². The highest BCUT2D eigenvalue weighted by atomic mass is 16.4. The summed E-state index contributed by atoms with van der Waals surface area (Å²) in [6.45, 7) is 0.879. The summed E-state index contributed by atoms with van der Waals surface area (Å²) in [5.74, 6) is -0.851. The minimum Gasteiger partial charge on any atom is -0.481 e. The van der Waals surface area contributed by atoms with Crippen LogP contribution in [0.25, 0.3) is 0 Å². The second kappa shape index (κ2) is 6.48. The Morgan fingerprint density at radius 3 is 2.62 bits per heavy atom. The molecule has 3 N–H and O–H groups in total. The van der Waals surface area contributed by atoms with E-state index in [0.29, 0.717) is 6.54 Å². The maximum atomic E-state index is 11.0. The number of carbonyl (C=O) groups is 2. The predicted octanol–water partition coefficient (Wildman–Crippen LogP) is 0.213. The van der Waals surface area contributed by atoms with Crippen molar-refractivity contribution in [2.75, 3.05) is 20.1 Å². The number of amides is 1. The van der Waals surface area contributed by atoms with Crippen molar-refractivity contribution in [3.05, 3.63) is 0 Å². The van der Waals surface area contributed by atoms with E-state index < -0.39 is 5.97 Å². The number of hydrogen-bond acceptors (Lipinski definition) is 3. The molecule has 5 nitrogen and oxygen atoms in total. The molecule has 0 saturated heterocycles. The van der Waals surface area contributed by atoms with E-state index in [1.54, 1.807) is 7.05 Å². The number of nitrogens with one attached hydrogen (secondary N) is 2. The van der Waals surface area contributed by atoms with E-state index in [4.69, 9.17) is 5.11 Å². The van der Waals surface area contributed by atoms with E-state index in [1.165, 1.54) is 0 Å². The fourth-order valence-electron chi connectivity index (χ4n) is 2.24. The Labute approximate surface area is 95.6 Å². The van der Waals surface area contributed by atoms with Crippen molar-refractivity contribution in [3.63, 3.8) is 0 Å². The van der Waals surface area contributed by atoms with Crippen molar-refractivity contribution in [1.82, 2.24) is 10.6 Å². The van der Waals surface area contributed by atoms with Crippen LogP contribution in [0.3, 0.4) is 0 Å². The lowest BCUT2D eigenvalue weighted by Gasteiger charge is -2.28. The van der Waals surface area contributed by atoms with E-state index in [1.807, 2.05) is 0 Å². The number of hydrogen-bond donors (Lipinski definition) is 3. The second-order valence-electron chi connectivity index (χ2n) is 4.29. The average Bonchev–Trinajstić information content (AvgIpc) is 2.29. The van der Waals surface area contributed by atoms with E-state index in [2.05, 4.69) is 10.6 Å². The molecule has 0 spiro atoms. The van der Waals surface area contributed by atoms with Crippen LogP contribution in [0.4, 0.5) is 0 Å². The van der Waals surface area contributed by atoms with Gasteiger partial charge in [0.2, 0.25) is 5.91 Å². The van der Waals surface area contributed by atoms with Gasteiger partial charge in [-0.3, -0.25) is 9.59 Å². The summed E-state index contributed by atoms with van der Waals surface area (Å²) >= 11 is 0. The molecular formula is C11H20N2O3. The molecular weight excluding hydrogens is 208 g/mol. The molecule has 2 atom stereocenters. The number of aliphatic carboxylic acids is 1. The maximum absolute atomic E-state index is 11.0. The van der Waals surface area contributed by atoms with Crippen molar-refractivity contribution in [2.24, 2.45) is 11.8 Å². The van der Waals surface area contributed by atoms with Gasteiger partial charge in [-0.05, 0) is 25.3 Å². The monoisotopic (exact) mass is 228 g/mol. The zero-order chi connectivity index (χ0) is 12.0. The Morgan fingerprint density at radius 1 is 1.31 bits per heavy atom. The Bertz CT molecular complexity index is 256. The van der Waals surface area contributed by atoms with Gasteiger partial charge in [-0.25, -0.2) is 0 Å². The summed E-state index contributed by atoms with van der Waals surface area (Å²) in [6.07, 6.45) is 3.80. The second-order valence-corrected chi connectivity index (χ2v) is 4.29. The van der Waals surface area contributed by atoms with Gasteiger partial charge in [-0.1, -0.05) is 12.8 Å². The van der Waals surface area contributed by atoms with E-state index in [-0.39, 0.29) is 24.3 Å². The molecule has 0 aromatic carbocycles. The summed E-state index contributed by atoms with van der Waals surface area (Å²) in [5.41, 5.74) is 0. The number of carboxylic acids is 1. The normalized spacial score (nSPS) is 25.1. The standard InChI is InChI=1S/C11H20N2O3/c1-12-10(14)7-13-6-8-4-2-3-5-9(8)11(15)16/h8-9,13H,2-7H2,1H3,(H,12,14)(H,15,16). The number of likely N-dealkylation sites (N-methyl/N-ethyl adjacent to an activating group) is 1. The van der Waals surface area contributed by atoms with E-state index in [0.717, 1.165) is 25.7 Å². The zero-order valence-corrected chi connectivity index (χ0v) is 9.66. The topological polar surface area (TPSA) is 78.4 Å². The molecule has 16 heavy (non-hydrogen) atoms. The molecule has 0 aromatic rings. The first-order valence-electron chi connectivity index (χ1n) is 5.79. The molecule has 5 heteroatoms. The molecule has 0 aliphatic heterocycles. The third kappa shape index (κ3) is 3.81. The third-order valence-corrected chi connectivity index (χ3v) is 3.20. The number of carbonyl (C=O) groups excluding carboxylic acids is 1. The number of carboxylic acid groups (broad SMARTS) is 1. The van der Waals surface area contributed by atoms with Gasteiger partial charge in [0, 0.05) is 7.05 Å². The molecule has 1 rings (SSSR count). The Kier molecular flexibility index (Phi) is 5.25. The van der Waals surface area contributed by atoms with Crippen LogP contribution in [0.1, 0.15) is 25.7 Å². The Morgan fingerprint density at radius 2 is 2.00 bits per heavy atom. The smallest absolute Gasteiger partial charge is 0.306 e. The third-order valence-electron chi connectivity index (χ3n) is 3.20. The molecule has 1 fully saturated rings. The Balaban J connectivity index is 2.32. The summed E-state index contributed by atoms with van der Waals surface area (Å²) in [5, 5.41) is 14.6. The quantitative estimate of drug-likeness (QED) is 0.628. The van der Waals surface area contributed by atoms with Crippen LogP contribution in [0, 0.1) is 11.8 Å². The fourth-order valence-corrected chi connectivity index (χ4v) is 2.24. The average molecular weight is 228 g/mol. The first-order chi connectivity index (χ1) is 7.65. The Hall–Kier alpha value is -1.10. The van der Waals surface area contributed by atoms with Crippen LogP contribution in [0.15, 0.2) is 0 Å². The van der Waals surface area contributed by atoms with Crippen molar-refractivity contribution < 1.29 is 14.7 Å². The van der Waals surface area contributed by atoms with Gasteiger partial charge in [0.25, 0.3) is 0 Å². The molecule has 0 aromatic heterocycles. The van der Waals surface area contributed by atoms with Gasteiger partial charge in [-0.2, -0.15) is 0 Å². The maximum Gasteiger partial charge on any atom is 0.306 e. The predicted molar refractivity (Wildman–Crippen MR) is 60.0 cm³/mol. The van der Waals surface area contributed by atoms with E-state index in [9.17, 15) is 9.59 Å². The largest absolute Gasteiger partial charge is 0.481 e. The fraction of sp³-hybridized carbons (Fsp3) is 0.818. The summed E-state index contributed by atoms with van der Waals surface area (Å²) in [4.78, 5) is 22.0. The minimum atomic E-state index is -0.702. The summed E-state index contributed by atoms with van der Waals surface area (Å²) in [6, 6.07) is 0. The van der Waals surface area contributed by atoms with Gasteiger partial charge in [-0.15, -0.1) is 0 Å². The first kappa shape index (κ1) is 13.0. The van der Waals surface area contributed by atoms with Crippen LogP contribution in [-0.4, -0.2) is 37.1 Å². The lowest BCUT2D eigenvalue weighted by molar-refractivity contribution is -0.144. The van der Waals surface area contributed by atoms with Crippen LogP contribution >= 0.6 is 0 Å². The molecule has 2 unspecified atom stereocenters. The van der Waals surface area contributed by atoms with Crippen molar-refractivity contribution >= 4 is 11.9 Å². The molecule has 0 radical (unpaired) electrons. The van der Waals surface area contributed by atoms with Gasteiger partial charge in [0.15, 0.2) is 0 Å². The lowest BCUT2D eigenvalue weighted by atomic mass is 9.79. The molecule has 0 heterocycles. The molecule has 0 bridgehead atoms. The van der Waals surface area contributed by atoms with Gasteiger partial charge in [0.05, 0.1) is 12.5 Å². The number of rotatable bonds is 5. The van der Waals surface area contributed by atoms with Crippen molar-refractivity contribution in [2.45, 2.75) is 25.7 Å². The molecule has 1 saturated carbocycles. The summed E-state index contributed by atoms with van der Waals surface area (Å²) < 4.78 is 0. The molecule has 1 amide bonds. The molecule has 1 aliphatic carbocycles. The highest BCUT2D eigenvalue weighted by Gasteiger charge is 2.30. The molecule has 92 valence electrons. The zero-order valence-electron chi connectivity index (χ0n) is 9.66. The highest BCUT2D eigenvalue weighted by Crippen LogP contribution is 2.29. The van der Waals surface area contributed by atoms with Gasteiger partial charge < -0.3 is 15.7 Å². The lowest BCUT2D eigenvalue weighted by Crippen LogP contribution is -2.38. The van der Waals surface area contributed by atoms with Crippen LogP contribution in [0.5, 0.6) is 0 Å². The van der Waals surface area contributed by atoms with Crippen LogP contribution in [0.2, 0.25) is 0 Å².